The van der Waals surface area contributed by atoms with Gasteiger partial charge in [0.05, 0.1) is 11.4 Å². The second-order valence-corrected chi connectivity index (χ2v) is 9.25. The van der Waals surface area contributed by atoms with Crippen LogP contribution in [0, 0.1) is 6.92 Å². The largest absolute Gasteiger partial charge is 0.308 e. The third-order valence-corrected chi connectivity index (χ3v) is 7.10. The van der Waals surface area contributed by atoms with Crippen molar-refractivity contribution in [2.45, 2.75) is 49.4 Å². The fourth-order valence-electron chi connectivity index (χ4n) is 2.59. The Hall–Kier alpha value is -0.570. The van der Waals surface area contributed by atoms with Crippen LogP contribution < -0.4 is 5.32 Å². The number of hydrogen-bond acceptors (Lipinski definition) is 5. The van der Waals surface area contributed by atoms with Crippen LogP contribution in [-0.4, -0.2) is 53.1 Å². The Kier molecular flexibility index (Phi) is 4.31. The Morgan fingerprint density at radius 1 is 1.48 bits per heavy atom. The van der Waals surface area contributed by atoms with Crippen molar-refractivity contribution in [3.63, 3.8) is 0 Å². The summed E-state index contributed by atoms with van der Waals surface area (Å²) in [6.45, 7) is 5.53. The molecule has 2 fully saturated rings. The van der Waals surface area contributed by atoms with E-state index in [1.165, 1.54) is 12.8 Å². The molecular weight excluding hydrogens is 308 g/mol. The van der Waals surface area contributed by atoms with E-state index in [9.17, 15) is 8.42 Å². The van der Waals surface area contributed by atoms with Crippen molar-refractivity contribution in [2.24, 2.45) is 0 Å². The van der Waals surface area contributed by atoms with Crippen LogP contribution in [0.1, 0.15) is 31.2 Å². The van der Waals surface area contributed by atoms with Gasteiger partial charge in [-0.25, -0.2) is 8.42 Å². The molecule has 0 radical (unpaired) electrons. The highest BCUT2D eigenvalue weighted by Gasteiger charge is 2.34. The number of nitrogens with one attached hydrogen (secondary N) is 2. The molecule has 0 aromatic carbocycles. The topological polar surface area (TPSA) is 78.1 Å². The van der Waals surface area contributed by atoms with Crippen LogP contribution in [-0.2, 0) is 16.6 Å². The fraction of sp³-hybridized carbons (Fsp3) is 0.769. The lowest BCUT2D eigenvalue weighted by Crippen LogP contribution is -2.41. The third kappa shape index (κ3) is 3.28. The lowest BCUT2D eigenvalue weighted by atomic mass is 10.3. The number of H-pyrrole nitrogens is 1. The number of aromatic nitrogens is 2. The molecule has 1 aromatic rings. The third-order valence-electron chi connectivity index (χ3n) is 3.90. The first kappa shape index (κ1) is 15.3. The number of sulfonamides is 1. The summed E-state index contributed by atoms with van der Waals surface area (Å²) in [6, 6.07) is 0.531. The van der Waals surface area contributed by atoms with Gasteiger partial charge in [-0.3, -0.25) is 5.10 Å². The Labute approximate surface area is 130 Å². The minimum Gasteiger partial charge on any atom is -0.308 e. The summed E-state index contributed by atoms with van der Waals surface area (Å²) < 4.78 is 27.5. The van der Waals surface area contributed by atoms with Gasteiger partial charge >= 0.3 is 0 Å². The Bertz CT molecular complexity index is 610. The summed E-state index contributed by atoms with van der Waals surface area (Å²) >= 11 is 1.82. The molecule has 1 saturated heterocycles. The monoisotopic (exact) mass is 330 g/mol. The molecule has 0 spiro atoms. The minimum absolute atomic E-state index is 0.341. The summed E-state index contributed by atoms with van der Waals surface area (Å²) in [5.41, 5.74) is 1.25. The van der Waals surface area contributed by atoms with Crippen molar-refractivity contribution in [1.82, 2.24) is 19.8 Å². The highest BCUT2D eigenvalue weighted by molar-refractivity contribution is 8.00. The Morgan fingerprint density at radius 3 is 2.90 bits per heavy atom. The molecule has 1 aliphatic heterocycles. The summed E-state index contributed by atoms with van der Waals surface area (Å²) in [4.78, 5) is 0.370. The highest BCUT2D eigenvalue weighted by Crippen LogP contribution is 2.28. The molecule has 1 saturated carbocycles. The van der Waals surface area contributed by atoms with Crippen molar-refractivity contribution in [3.05, 3.63) is 11.4 Å². The predicted octanol–water partition coefficient (Wildman–Crippen LogP) is 1.10. The van der Waals surface area contributed by atoms with Crippen LogP contribution >= 0.6 is 11.8 Å². The molecule has 6 nitrogen and oxygen atoms in total. The van der Waals surface area contributed by atoms with Gasteiger partial charge in [0.1, 0.15) is 4.90 Å². The molecule has 3 rings (SSSR count). The lowest BCUT2D eigenvalue weighted by Gasteiger charge is -2.29. The standard InChI is InChI=1S/C13H22N4O2S2/c1-9-8-17(5-6-20-9)21(18,19)13-10(2)15-16-12(13)7-14-11-3-4-11/h9,11,14H,3-8H2,1-2H3,(H,15,16). The first-order valence-electron chi connectivity index (χ1n) is 7.37. The summed E-state index contributed by atoms with van der Waals surface area (Å²) in [5.74, 6) is 0.854. The molecule has 2 heterocycles. The predicted molar refractivity (Wildman–Crippen MR) is 83.9 cm³/mol. The van der Waals surface area contributed by atoms with Crippen LogP contribution in [0.15, 0.2) is 4.90 Å². The normalized spacial score (nSPS) is 24.4. The van der Waals surface area contributed by atoms with Gasteiger partial charge in [0.15, 0.2) is 0 Å². The molecule has 21 heavy (non-hydrogen) atoms. The first-order chi connectivity index (χ1) is 9.98. The van der Waals surface area contributed by atoms with Crippen LogP contribution in [0.3, 0.4) is 0 Å². The number of thioether (sulfide) groups is 1. The Balaban J connectivity index is 1.84. The van der Waals surface area contributed by atoms with E-state index in [2.05, 4.69) is 22.4 Å². The van der Waals surface area contributed by atoms with Crippen molar-refractivity contribution >= 4 is 21.8 Å². The van der Waals surface area contributed by atoms with E-state index in [1.807, 2.05) is 11.8 Å². The maximum atomic E-state index is 12.9. The maximum Gasteiger partial charge on any atom is 0.246 e. The molecule has 2 N–H and O–H groups in total. The van der Waals surface area contributed by atoms with Gasteiger partial charge in [0.25, 0.3) is 0 Å². The minimum atomic E-state index is -3.45. The van der Waals surface area contributed by atoms with Gasteiger partial charge in [-0.2, -0.15) is 21.2 Å². The molecule has 118 valence electrons. The molecule has 1 atom stereocenters. The van der Waals surface area contributed by atoms with E-state index in [0.29, 0.717) is 47.2 Å². The molecule has 2 aliphatic rings. The maximum absolute atomic E-state index is 12.9. The summed E-state index contributed by atoms with van der Waals surface area (Å²) in [5, 5.41) is 10.7. The van der Waals surface area contributed by atoms with Gasteiger partial charge in [-0.05, 0) is 19.8 Å². The number of aromatic amines is 1. The molecule has 0 amide bonds. The van der Waals surface area contributed by atoms with Crippen molar-refractivity contribution in [3.8, 4) is 0 Å². The summed E-state index contributed by atoms with van der Waals surface area (Å²) in [7, 11) is -3.45. The van der Waals surface area contributed by atoms with Gasteiger partial charge in [-0.1, -0.05) is 6.92 Å². The lowest BCUT2D eigenvalue weighted by molar-refractivity contribution is 0.423. The van der Waals surface area contributed by atoms with Crippen LogP contribution in [0.5, 0.6) is 0 Å². The second kappa shape index (κ2) is 5.91. The second-order valence-electron chi connectivity index (χ2n) is 5.82. The number of rotatable bonds is 5. The zero-order chi connectivity index (χ0) is 15.0. The Morgan fingerprint density at radius 2 is 2.24 bits per heavy atom. The van der Waals surface area contributed by atoms with Gasteiger partial charge in [0, 0.05) is 36.7 Å². The van der Waals surface area contributed by atoms with Crippen molar-refractivity contribution in [2.75, 3.05) is 18.8 Å². The fourth-order valence-corrected chi connectivity index (χ4v) is 5.68. The van der Waals surface area contributed by atoms with Gasteiger partial charge in [0.2, 0.25) is 10.0 Å². The van der Waals surface area contributed by atoms with E-state index in [0.717, 1.165) is 5.75 Å². The van der Waals surface area contributed by atoms with Crippen molar-refractivity contribution < 1.29 is 8.42 Å². The van der Waals surface area contributed by atoms with Crippen LogP contribution in [0.2, 0.25) is 0 Å². The first-order valence-corrected chi connectivity index (χ1v) is 9.86. The molecule has 0 bridgehead atoms. The quantitative estimate of drug-likeness (QED) is 0.845. The van der Waals surface area contributed by atoms with E-state index >= 15 is 0 Å². The molecule has 1 unspecified atom stereocenters. The van der Waals surface area contributed by atoms with Gasteiger partial charge < -0.3 is 5.32 Å². The van der Waals surface area contributed by atoms with Gasteiger partial charge in [-0.15, -0.1) is 0 Å². The zero-order valence-electron chi connectivity index (χ0n) is 12.4. The van der Waals surface area contributed by atoms with E-state index in [4.69, 9.17) is 0 Å². The average Bonchev–Trinajstić information content (AvgIpc) is 3.19. The smallest absolute Gasteiger partial charge is 0.246 e. The zero-order valence-corrected chi connectivity index (χ0v) is 14.1. The molecule has 1 aromatic heterocycles. The van der Waals surface area contributed by atoms with E-state index in [1.54, 1.807) is 11.2 Å². The van der Waals surface area contributed by atoms with Crippen LogP contribution in [0.4, 0.5) is 0 Å². The molecular formula is C13H22N4O2S2. The van der Waals surface area contributed by atoms with Crippen LogP contribution in [0.25, 0.3) is 0 Å². The SMILES string of the molecule is Cc1[nH]nc(CNC2CC2)c1S(=O)(=O)N1CCSC(C)C1. The number of nitrogens with zero attached hydrogens (tertiary/aromatic N) is 2. The van der Waals surface area contributed by atoms with E-state index in [-0.39, 0.29) is 0 Å². The summed E-state index contributed by atoms with van der Waals surface area (Å²) in [6.07, 6.45) is 2.35. The average molecular weight is 330 g/mol. The highest BCUT2D eigenvalue weighted by atomic mass is 32.2. The van der Waals surface area contributed by atoms with E-state index < -0.39 is 10.0 Å². The number of aryl methyl sites for hydroxylation is 1. The number of hydrogen-bond donors (Lipinski definition) is 2. The molecule has 8 heteroatoms. The molecule has 1 aliphatic carbocycles. The van der Waals surface area contributed by atoms with Crippen molar-refractivity contribution in [1.29, 1.82) is 0 Å².